The summed E-state index contributed by atoms with van der Waals surface area (Å²) in [6.45, 7) is 2.60. The summed E-state index contributed by atoms with van der Waals surface area (Å²) in [7, 11) is 0. The highest BCUT2D eigenvalue weighted by Gasteiger charge is 2.25. The predicted octanol–water partition coefficient (Wildman–Crippen LogP) is 1.92. The van der Waals surface area contributed by atoms with Gasteiger partial charge >= 0.3 is 0 Å². The van der Waals surface area contributed by atoms with E-state index in [4.69, 9.17) is 4.74 Å². The number of ether oxygens (including phenoxy) is 1. The third-order valence-electron chi connectivity index (χ3n) is 3.40. The predicted molar refractivity (Wildman–Crippen MR) is 71.6 cm³/mol. The summed E-state index contributed by atoms with van der Waals surface area (Å²) in [6.07, 6.45) is 1.46. The van der Waals surface area contributed by atoms with E-state index in [1.165, 1.54) is 0 Å². The molecule has 5 nitrogen and oxygen atoms in total. The number of carbonyl (C=O) groups excluding carboxylic acids is 1. The Labute approximate surface area is 111 Å². The third-order valence-corrected chi connectivity index (χ3v) is 3.40. The summed E-state index contributed by atoms with van der Waals surface area (Å²) in [5.41, 5.74) is 1.89. The minimum Gasteiger partial charge on any atom is -0.368 e. The van der Waals surface area contributed by atoms with Gasteiger partial charge in [0, 0.05) is 6.61 Å². The Balaban J connectivity index is 1.72. The zero-order chi connectivity index (χ0) is 13.2. The molecule has 0 aliphatic carbocycles. The molecule has 0 bridgehead atoms. The molecule has 0 spiro atoms. The smallest absolute Gasteiger partial charge is 0.249 e. The number of H-pyrrole nitrogens is 1. The highest BCUT2D eigenvalue weighted by Crippen LogP contribution is 2.17. The van der Waals surface area contributed by atoms with Crippen molar-refractivity contribution in [2.45, 2.75) is 31.9 Å². The summed E-state index contributed by atoms with van der Waals surface area (Å²) in [6, 6.07) is 7.68. The van der Waals surface area contributed by atoms with Gasteiger partial charge in [0.05, 0.1) is 17.1 Å². The fraction of sp³-hybridized carbons (Fsp3) is 0.429. The number of amides is 1. The molecule has 2 N–H and O–H groups in total. The van der Waals surface area contributed by atoms with Crippen molar-refractivity contribution in [3.63, 3.8) is 0 Å². The molecule has 1 amide bonds. The normalized spacial score (nSPS) is 20.6. The Morgan fingerprint density at radius 3 is 3.11 bits per heavy atom. The highest BCUT2D eigenvalue weighted by atomic mass is 16.5. The van der Waals surface area contributed by atoms with Crippen LogP contribution in [0.4, 0.5) is 0 Å². The number of rotatable bonds is 3. The number of hydrogen-bond donors (Lipinski definition) is 2. The van der Waals surface area contributed by atoms with Crippen LogP contribution >= 0.6 is 0 Å². The monoisotopic (exact) mass is 259 g/mol. The SMILES string of the molecule is CC(NC(=O)[C@H]1CCCO1)c1nc2ccccc2[nH]1. The number of carbonyl (C=O) groups is 1. The van der Waals surface area contributed by atoms with Crippen molar-refractivity contribution in [3.8, 4) is 0 Å². The number of benzene rings is 1. The minimum atomic E-state index is -0.299. The highest BCUT2D eigenvalue weighted by molar-refractivity contribution is 5.81. The van der Waals surface area contributed by atoms with Crippen LogP contribution in [-0.2, 0) is 9.53 Å². The van der Waals surface area contributed by atoms with Crippen LogP contribution in [0.25, 0.3) is 11.0 Å². The second kappa shape index (κ2) is 5.01. The van der Waals surface area contributed by atoms with E-state index in [1.807, 2.05) is 31.2 Å². The summed E-state index contributed by atoms with van der Waals surface area (Å²) < 4.78 is 5.37. The second-order valence-corrected chi connectivity index (χ2v) is 4.87. The summed E-state index contributed by atoms with van der Waals surface area (Å²) in [5, 5.41) is 2.94. The maximum Gasteiger partial charge on any atom is 0.249 e. The van der Waals surface area contributed by atoms with E-state index < -0.39 is 0 Å². The lowest BCUT2D eigenvalue weighted by molar-refractivity contribution is -0.130. The van der Waals surface area contributed by atoms with Crippen LogP contribution in [0.5, 0.6) is 0 Å². The number of fused-ring (bicyclic) bond motifs is 1. The number of aromatic nitrogens is 2. The van der Waals surface area contributed by atoms with E-state index in [2.05, 4.69) is 15.3 Å². The summed E-state index contributed by atoms with van der Waals surface area (Å²) in [5.74, 6) is 0.720. The molecule has 2 atom stereocenters. The lowest BCUT2D eigenvalue weighted by Gasteiger charge is -2.14. The van der Waals surface area contributed by atoms with Gasteiger partial charge in [-0.05, 0) is 31.9 Å². The van der Waals surface area contributed by atoms with Crippen molar-refractivity contribution in [1.29, 1.82) is 0 Å². The van der Waals surface area contributed by atoms with Gasteiger partial charge < -0.3 is 15.0 Å². The zero-order valence-corrected chi connectivity index (χ0v) is 10.8. The van der Waals surface area contributed by atoms with Crippen molar-refractivity contribution < 1.29 is 9.53 Å². The van der Waals surface area contributed by atoms with Crippen LogP contribution < -0.4 is 5.32 Å². The molecule has 0 saturated carbocycles. The first kappa shape index (κ1) is 12.2. The number of nitrogens with zero attached hydrogens (tertiary/aromatic N) is 1. The number of aromatic amines is 1. The lowest BCUT2D eigenvalue weighted by Crippen LogP contribution is -2.36. The molecule has 19 heavy (non-hydrogen) atoms. The van der Waals surface area contributed by atoms with Gasteiger partial charge in [-0.2, -0.15) is 0 Å². The zero-order valence-electron chi connectivity index (χ0n) is 10.8. The third kappa shape index (κ3) is 2.46. The van der Waals surface area contributed by atoms with Gasteiger partial charge in [-0.1, -0.05) is 12.1 Å². The van der Waals surface area contributed by atoms with E-state index in [0.717, 1.165) is 29.7 Å². The average Bonchev–Trinajstić information content (AvgIpc) is 3.07. The number of para-hydroxylation sites is 2. The quantitative estimate of drug-likeness (QED) is 0.885. The molecule has 5 heteroatoms. The molecular formula is C14H17N3O2. The van der Waals surface area contributed by atoms with Crippen LogP contribution in [0.1, 0.15) is 31.6 Å². The summed E-state index contributed by atoms with van der Waals surface area (Å²) >= 11 is 0. The van der Waals surface area contributed by atoms with E-state index in [9.17, 15) is 4.79 Å². The molecule has 1 saturated heterocycles. The van der Waals surface area contributed by atoms with Gasteiger partial charge in [0.25, 0.3) is 0 Å². The second-order valence-electron chi connectivity index (χ2n) is 4.87. The van der Waals surface area contributed by atoms with Crippen LogP contribution in [0.3, 0.4) is 0 Å². The van der Waals surface area contributed by atoms with Crippen LogP contribution in [0.15, 0.2) is 24.3 Å². The molecule has 1 fully saturated rings. The molecule has 1 aliphatic heterocycles. The van der Waals surface area contributed by atoms with Crippen LogP contribution in [0, 0.1) is 0 Å². The summed E-state index contributed by atoms with van der Waals surface area (Å²) in [4.78, 5) is 19.7. The number of hydrogen-bond acceptors (Lipinski definition) is 3. The molecule has 3 rings (SSSR count). The molecule has 100 valence electrons. The van der Waals surface area contributed by atoms with E-state index in [-0.39, 0.29) is 18.1 Å². The van der Waals surface area contributed by atoms with Crippen LogP contribution in [0.2, 0.25) is 0 Å². The van der Waals surface area contributed by atoms with E-state index in [0.29, 0.717) is 6.61 Å². The molecule has 0 radical (unpaired) electrons. The molecule has 1 aliphatic rings. The van der Waals surface area contributed by atoms with Crippen molar-refractivity contribution in [2.24, 2.45) is 0 Å². The van der Waals surface area contributed by atoms with Crippen molar-refractivity contribution in [2.75, 3.05) is 6.61 Å². The first-order chi connectivity index (χ1) is 9.24. The van der Waals surface area contributed by atoms with Gasteiger partial charge in [0.15, 0.2) is 0 Å². The molecule has 1 unspecified atom stereocenters. The van der Waals surface area contributed by atoms with Crippen molar-refractivity contribution >= 4 is 16.9 Å². The minimum absolute atomic E-state index is 0.0505. The van der Waals surface area contributed by atoms with Crippen LogP contribution in [-0.4, -0.2) is 28.6 Å². The Morgan fingerprint density at radius 2 is 2.37 bits per heavy atom. The van der Waals surface area contributed by atoms with Gasteiger partial charge in [-0.3, -0.25) is 4.79 Å². The number of nitrogens with one attached hydrogen (secondary N) is 2. The molecule has 1 aromatic heterocycles. The first-order valence-corrected chi connectivity index (χ1v) is 6.60. The van der Waals surface area contributed by atoms with E-state index in [1.54, 1.807) is 0 Å². The first-order valence-electron chi connectivity index (χ1n) is 6.60. The lowest BCUT2D eigenvalue weighted by atomic mass is 10.2. The largest absolute Gasteiger partial charge is 0.368 e. The standard InChI is InChI=1S/C14H17N3O2/c1-9(15-14(18)12-7-4-8-19-12)13-16-10-5-2-3-6-11(10)17-13/h2-3,5-6,9,12H,4,7-8H2,1H3,(H,15,18)(H,16,17)/t9?,12-/m1/s1. The van der Waals surface area contributed by atoms with Gasteiger partial charge in [-0.25, -0.2) is 4.98 Å². The fourth-order valence-electron chi connectivity index (χ4n) is 2.34. The molecule has 2 heterocycles. The van der Waals surface area contributed by atoms with Crippen molar-refractivity contribution in [1.82, 2.24) is 15.3 Å². The fourth-order valence-corrected chi connectivity index (χ4v) is 2.34. The Hall–Kier alpha value is -1.88. The molecule has 1 aromatic carbocycles. The Bertz CT molecular complexity index is 554. The topological polar surface area (TPSA) is 67.0 Å². The molecule has 2 aromatic rings. The average molecular weight is 259 g/mol. The van der Waals surface area contributed by atoms with Crippen molar-refractivity contribution in [3.05, 3.63) is 30.1 Å². The molecular weight excluding hydrogens is 242 g/mol. The Morgan fingerprint density at radius 1 is 1.53 bits per heavy atom. The maximum atomic E-state index is 12.0. The number of imidazole rings is 1. The van der Waals surface area contributed by atoms with Gasteiger partial charge in [0.2, 0.25) is 5.91 Å². The maximum absolute atomic E-state index is 12.0. The Kier molecular flexibility index (Phi) is 3.21. The van der Waals surface area contributed by atoms with Gasteiger partial charge in [-0.15, -0.1) is 0 Å². The van der Waals surface area contributed by atoms with E-state index >= 15 is 0 Å². The van der Waals surface area contributed by atoms with Gasteiger partial charge in [0.1, 0.15) is 11.9 Å².